The first-order valence-electron chi connectivity index (χ1n) is 9.63. The van der Waals surface area contributed by atoms with Gasteiger partial charge in [0.15, 0.2) is 11.5 Å². The summed E-state index contributed by atoms with van der Waals surface area (Å²) < 4.78 is 29.8. The molecular weight excluding hydrogens is 391 g/mol. The van der Waals surface area contributed by atoms with Crippen molar-refractivity contribution in [3.8, 4) is 17.2 Å². The maximum Gasteiger partial charge on any atom is 0.256 e. The third-order valence-electron chi connectivity index (χ3n) is 5.19. The Morgan fingerprint density at radius 2 is 1.60 bits per heavy atom. The lowest BCUT2D eigenvalue weighted by atomic mass is 9.95. The van der Waals surface area contributed by atoms with Crippen LogP contribution in [0.1, 0.15) is 23.2 Å². The third-order valence-corrected chi connectivity index (χ3v) is 5.19. The van der Waals surface area contributed by atoms with Gasteiger partial charge in [-0.3, -0.25) is 9.59 Å². The van der Waals surface area contributed by atoms with Gasteiger partial charge in [0.05, 0.1) is 26.9 Å². The highest BCUT2D eigenvalue weighted by Gasteiger charge is 2.29. The number of piperidine rings is 1. The molecule has 1 saturated heterocycles. The van der Waals surface area contributed by atoms with Gasteiger partial charge in [0.25, 0.3) is 5.91 Å². The Morgan fingerprint density at radius 3 is 2.13 bits per heavy atom. The molecule has 0 bridgehead atoms. The normalized spacial score (nSPS) is 14.2. The van der Waals surface area contributed by atoms with E-state index in [1.807, 2.05) is 0 Å². The van der Waals surface area contributed by atoms with Crippen LogP contribution in [0.2, 0.25) is 0 Å². The van der Waals surface area contributed by atoms with Gasteiger partial charge in [0.1, 0.15) is 5.82 Å². The maximum absolute atomic E-state index is 13.9. The van der Waals surface area contributed by atoms with Crippen LogP contribution in [0, 0.1) is 11.7 Å². The number of nitrogens with one attached hydrogen (secondary N) is 1. The van der Waals surface area contributed by atoms with Gasteiger partial charge >= 0.3 is 0 Å². The minimum absolute atomic E-state index is 0.0535. The summed E-state index contributed by atoms with van der Waals surface area (Å²) in [5.41, 5.74) is 0.581. The van der Waals surface area contributed by atoms with E-state index in [0.29, 0.717) is 48.9 Å². The average molecular weight is 416 g/mol. The van der Waals surface area contributed by atoms with Crippen LogP contribution in [0.3, 0.4) is 0 Å². The fourth-order valence-electron chi connectivity index (χ4n) is 3.55. The van der Waals surface area contributed by atoms with Crippen molar-refractivity contribution >= 4 is 17.5 Å². The second-order valence-corrected chi connectivity index (χ2v) is 6.95. The molecule has 0 aromatic heterocycles. The molecular formula is C22H25FN2O5. The molecule has 0 spiro atoms. The van der Waals surface area contributed by atoms with Crippen molar-refractivity contribution in [2.24, 2.45) is 5.92 Å². The minimum atomic E-state index is -0.537. The molecule has 0 aliphatic carbocycles. The first-order valence-corrected chi connectivity index (χ1v) is 9.63. The second-order valence-electron chi connectivity index (χ2n) is 6.95. The molecule has 1 aliphatic rings. The lowest BCUT2D eigenvalue weighted by molar-refractivity contribution is -0.121. The lowest BCUT2D eigenvalue weighted by Gasteiger charge is -2.31. The Kier molecular flexibility index (Phi) is 6.76. The number of hydrogen-bond acceptors (Lipinski definition) is 5. The predicted molar refractivity (Wildman–Crippen MR) is 110 cm³/mol. The molecule has 7 nitrogen and oxygen atoms in total. The first-order chi connectivity index (χ1) is 14.5. The molecule has 2 aromatic rings. The zero-order valence-corrected chi connectivity index (χ0v) is 17.2. The average Bonchev–Trinajstić information content (AvgIpc) is 2.78. The molecule has 1 fully saturated rings. The summed E-state index contributed by atoms with van der Waals surface area (Å²) in [4.78, 5) is 26.9. The second kappa shape index (κ2) is 9.47. The van der Waals surface area contributed by atoms with Crippen molar-refractivity contribution in [3.63, 3.8) is 0 Å². The standard InChI is InChI=1S/C22H25FN2O5/c1-28-18-12-15(13-19(29-2)20(18)30-3)24-21(26)14-8-10-25(11-9-14)22(27)16-6-4-5-7-17(16)23/h4-7,12-14H,8-11H2,1-3H3,(H,24,26). The SMILES string of the molecule is COc1cc(NC(=O)C2CCN(C(=O)c3ccccc3F)CC2)cc(OC)c1OC. The van der Waals surface area contributed by atoms with Gasteiger partial charge in [-0.15, -0.1) is 0 Å². The van der Waals surface area contributed by atoms with Gasteiger partial charge in [-0.05, 0) is 25.0 Å². The van der Waals surface area contributed by atoms with Crippen molar-refractivity contribution in [3.05, 3.63) is 47.8 Å². The van der Waals surface area contributed by atoms with Crippen LogP contribution in [-0.2, 0) is 4.79 Å². The van der Waals surface area contributed by atoms with E-state index in [1.165, 1.54) is 33.5 Å². The number of anilines is 1. The largest absolute Gasteiger partial charge is 0.493 e. The Morgan fingerprint density at radius 1 is 1.00 bits per heavy atom. The molecule has 0 radical (unpaired) electrons. The summed E-state index contributed by atoms with van der Waals surface area (Å²) in [6, 6.07) is 9.25. The van der Waals surface area contributed by atoms with E-state index < -0.39 is 5.82 Å². The van der Waals surface area contributed by atoms with E-state index in [0.717, 1.165) is 0 Å². The van der Waals surface area contributed by atoms with Crippen molar-refractivity contribution in [1.82, 2.24) is 4.90 Å². The van der Waals surface area contributed by atoms with Crippen LogP contribution in [0.4, 0.5) is 10.1 Å². The van der Waals surface area contributed by atoms with Crippen LogP contribution in [0.5, 0.6) is 17.2 Å². The molecule has 0 unspecified atom stereocenters. The van der Waals surface area contributed by atoms with Crippen molar-refractivity contribution in [2.45, 2.75) is 12.8 Å². The summed E-state index contributed by atoms with van der Waals surface area (Å²) in [5, 5.41) is 2.88. The lowest BCUT2D eigenvalue weighted by Crippen LogP contribution is -2.41. The fraction of sp³-hybridized carbons (Fsp3) is 0.364. The quantitative estimate of drug-likeness (QED) is 0.782. The van der Waals surface area contributed by atoms with E-state index in [-0.39, 0.29) is 23.3 Å². The minimum Gasteiger partial charge on any atom is -0.493 e. The molecule has 8 heteroatoms. The molecule has 160 valence electrons. The van der Waals surface area contributed by atoms with Gasteiger partial charge in [0, 0.05) is 36.8 Å². The van der Waals surface area contributed by atoms with Crippen LogP contribution in [0.25, 0.3) is 0 Å². The van der Waals surface area contributed by atoms with Gasteiger partial charge in [-0.2, -0.15) is 0 Å². The Hall–Kier alpha value is -3.29. The summed E-state index contributed by atoms with van der Waals surface area (Å²) in [5.74, 6) is 0.0326. The molecule has 0 atom stereocenters. The van der Waals surface area contributed by atoms with Gasteiger partial charge in [0.2, 0.25) is 11.7 Å². The molecule has 3 rings (SSSR count). The highest BCUT2D eigenvalue weighted by molar-refractivity contribution is 5.95. The molecule has 30 heavy (non-hydrogen) atoms. The Labute approximate surface area is 174 Å². The van der Waals surface area contributed by atoms with E-state index >= 15 is 0 Å². The van der Waals surface area contributed by atoms with Crippen molar-refractivity contribution in [1.29, 1.82) is 0 Å². The molecule has 1 heterocycles. The van der Waals surface area contributed by atoms with Crippen LogP contribution < -0.4 is 19.5 Å². The molecule has 2 amide bonds. The van der Waals surface area contributed by atoms with Crippen molar-refractivity contribution in [2.75, 3.05) is 39.7 Å². The molecule has 0 saturated carbocycles. The fourth-order valence-corrected chi connectivity index (χ4v) is 3.55. The highest BCUT2D eigenvalue weighted by Crippen LogP contribution is 2.40. The highest BCUT2D eigenvalue weighted by atomic mass is 19.1. The number of amides is 2. The first kappa shape index (κ1) is 21.4. The van der Waals surface area contributed by atoms with Crippen LogP contribution >= 0.6 is 0 Å². The summed E-state index contributed by atoms with van der Waals surface area (Å²) in [7, 11) is 4.52. The number of nitrogens with zero attached hydrogens (tertiary/aromatic N) is 1. The topological polar surface area (TPSA) is 77.1 Å². The van der Waals surface area contributed by atoms with E-state index in [4.69, 9.17) is 14.2 Å². The number of carbonyl (C=O) groups is 2. The van der Waals surface area contributed by atoms with Crippen molar-refractivity contribution < 1.29 is 28.2 Å². The number of benzene rings is 2. The van der Waals surface area contributed by atoms with E-state index in [2.05, 4.69) is 5.32 Å². The number of rotatable bonds is 6. The smallest absolute Gasteiger partial charge is 0.256 e. The number of carbonyl (C=O) groups excluding carboxylic acids is 2. The number of likely N-dealkylation sites (tertiary alicyclic amines) is 1. The number of ether oxygens (including phenoxy) is 3. The van der Waals surface area contributed by atoms with E-state index in [9.17, 15) is 14.0 Å². The molecule has 1 aliphatic heterocycles. The zero-order chi connectivity index (χ0) is 21.7. The predicted octanol–water partition coefficient (Wildman–Crippen LogP) is 3.34. The Balaban J connectivity index is 1.63. The van der Waals surface area contributed by atoms with Gasteiger partial charge < -0.3 is 24.4 Å². The summed E-state index contributed by atoms with van der Waals surface area (Å²) in [6.07, 6.45) is 0.993. The molecule has 2 aromatic carbocycles. The van der Waals surface area contributed by atoms with Gasteiger partial charge in [-0.1, -0.05) is 12.1 Å². The number of methoxy groups -OCH3 is 3. The summed E-state index contributed by atoms with van der Waals surface area (Å²) >= 11 is 0. The zero-order valence-electron chi connectivity index (χ0n) is 17.2. The number of hydrogen-bond donors (Lipinski definition) is 1. The van der Waals surface area contributed by atoms with Crippen LogP contribution in [0.15, 0.2) is 36.4 Å². The summed E-state index contributed by atoms with van der Waals surface area (Å²) in [6.45, 7) is 0.779. The van der Waals surface area contributed by atoms with Crippen LogP contribution in [-0.4, -0.2) is 51.1 Å². The van der Waals surface area contributed by atoms with E-state index in [1.54, 1.807) is 29.2 Å². The third kappa shape index (κ3) is 4.48. The maximum atomic E-state index is 13.9. The number of halogens is 1. The monoisotopic (exact) mass is 416 g/mol. The van der Waals surface area contributed by atoms with Gasteiger partial charge in [-0.25, -0.2) is 4.39 Å². The Bertz CT molecular complexity index is 900. The molecule has 1 N–H and O–H groups in total.